The van der Waals surface area contributed by atoms with Gasteiger partial charge in [-0.3, -0.25) is 9.59 Å². The summed E-state index contributed by atoms with van der Waals surface area (Å²) in [6.07, 6.45) is 5.05. The number of fused-ring (bicyclic) bond motifs is 2. The topological polar surface area (TPSA) is 66.1 Å². The van der Waals surface area contributed by atoms with Crippen molar-refractivity contribution in [1.82, 2.24) is 15.1 Å². The molecule has 1 amide bonds. The second-order valence-electron chi connectivity index (χ2n) is 7.60. The summed E-state index contributed by atoms with van der Waals surface area (Å²) < 4.78 is 0. The number of piperidine rings is 1. The van der Waals surface area contributed by atoms with Crippen LogP contribution in [0.15, 0.2) is 65.6 Å². The monoisotopic (exact) mass is 383 g/mol. The summed E-state index contributed by atoms with van der Waals surface area (Å²) in [6.45, 7) is 1.70. The quantitative estimate of drug-likeness (QED) is 0.559. The fourth-order valence-corrected chi connectivity index (χ4v) is 4.21. The highest BCUT2D eigenvalue weighted by molar-refractivity contribution is 6.03. The van der Waals surface area contributed by atoms with Crippen LogP contribution in [-0.2, 0) is 0 Å². The van der Waals surface area contributed by atoms with Crippen LogP contribution >= 0.6 is 0 Å². The first-order valence-electron chi connectivity index (χ1n) is 10.0. The Morgan fingerprint density at radius 2 is 1.72 bits per heavy atom. The minimum absolute atomic E-state index is 0.119. The van der Waals surface area contributed by atoms with Crippen molar-refractivity contribution in [2.24, 2.45) is 0 Å². The van der Waals surface area contributed by atoms with E-state index in [1.54, 1.807) is 6.20 Å². The number of hydrogen-bond acceptors (Lipinski definition) is 3. The predicted molar refractivity (Wildman–Crippen MR) is 115 cm³/mol. The van der Waals surface area contributed by atoms with Crippen LogP contribution in [0.5, 0.6) is 0 Å². The van der Waals surface area contributed by atoms with Gasteiger partial charge in [-0.15, -0.1) is 0 Å². The Labute approximate surface area is 168 Å². The fraction of sp³-hybridized carbons (Fsp3) is 0.208. The number of amides is 1. The molecule has 0 aliphatic carbocycles. The molecular formula is C24H21N3O2. The number of carbonyl (C=O) groups is 1. The molecule has 144 valence electrons. The lowest BCUT2D eigenvalue weighted by Crippen LogP contribution is -2.35. The summed E-state index contributed by atoms with van der Waals surface area (Å²) in [5, 5.41) is 9.92. The second-order valence-corrected chi connectivity index (χ2v) is 7.60. The molecule has 2 heterocycles. The van der Waals surface area contributed by atoms with E-state index < -0.39 is 0 Å². The summed E-state index contributed by atoms with van der Waals surface area (Å²) in [6, 6.07) is 17.8. The number of nitrogens with zero attached hydrogens (tertiary/aromatic N) is 2. The van der Waals surface area contributed by atoms with E-state index in [0.717, 1.165) is 58.8 Å². The van der Waals surface area contributed by atoms with Crippen molar-refractivity contribution in [2.45, 2.75) is 19.3 Å². The number of hydrogen-bond donors (Lipinski definition) is 1. The summed E-state index contributed by atoms with van der Waals surface area (Å²) in [5.41, 5.74) is 2.64. The van der Waals surface area contributed by atoms with Gasteiger partial charge in [-0.2, -0.15) is 5.10 Å². The van der Waals surface area contributed by atoms with Crippen molar-refractivity contribution in [3.05, 3.63) is 76.7 Å². The average Bonchev–Trinajstić information content (AvgIpc) is 2.78. The number of H-pyrrole nitrogens is 1. The molecule has 1 N–H and O–H groups in total. The van der Waals surface area contributed by atoms with Crippen LogP contribution in [-0.4, -0.2) is 34.1 Å². The third kappa shape index (κ3) is 3.18. The lowest BCUT2D eigenvalue weighted by Gasteiger charge is -2.26. The molecule has 1 aromatic heterocycles. The van der Waals surface area contributed by atoms with Crippen LogP contribution in [0.2, 0.25) is 0 Å². The molecule has 0 bridgehead atoms. The summed E-state index contributed by atoms with van der Waals surface area (Å²) in [4.78, 5) is 26.7. The van der Waals surface area contributed by atoms with E-state index in [1.807, 2.05) is 53.4 Å². The number of likely N-dealkylation sites (tertiary alicyclic amines) is 1. The Morgan fingerprint density at radius 1 is 0.897 bits per heavy atom. The molecule has 1 aliphatic heterocycles. The highest BCUT2D eigenvalue weighted by Gasteiger charge is 2.18. The third-order valence-electron chi connectivity index (χ3n) is 5.75. The normalized spacial score (nSPS) is 14.4. The Hall–Kier alpha value is -3.47. The minimum Gasteiger partial charge on any atom is -0.339 e. The first-order valence-corrected chi connectivity index (χ1v) is 10.0. The predicted octanol–water partition coefficient (Wildman–Crippen LogP) is 4.37. The van der Waals surface area contributed by atoms with E-state index in [1.165, 1.54) is 6.42 Å². The lowest BCUT2D eigenvalue weighted by molar-refractivity contribution is 0.0724. The Balaban J connectivity index is 1.57. The highest BCUT2D eigenvalue weighted by atomic mass is 16.2. The van der Waals surface area contributed by atoms with E-state index in [9.17, 15) is 9.59 Å². The van der Waals surface area contributed by atoms with Gasteiger partial charge in [0.1, 0.15) is 0 Å². The molecule has 5 nitrogen and oxygen atoms in total. The van der Waals surface area contributed by atoms with Crippen molar-refractivity contribution < 1.29 is 4.79 Å². The molecule has 0 radical (unpaired) electrons. The Kier molecular flexibility index (Phi) is 4.35. The van der Waals surface area contributed by atoms with E-state index in [0.29, 0.717) is 5.39 Å². The maximum Gasteiger partial charge on any atom is 0.272 e. The highest BCUT2D eigenvalue weighted by Crippen LogP contribution is 2.31. The number of carbonyl (C=O) groups excluding carboxylic acids is 1. The Morgan fingerprint density at radius 3 is 2.59 bits per heavy atom. The van der Waals surface area contributed by atoms with Crippen LogP contribution in [0.1, 0.15) is 29.6 Å². The van der Waals surface area contributed by atoms with Gasteiger partial charge < -0.3 is 4.90 Å². The number of nitrogens with one attached hydrogen (secondary N) is 1. The molecule has 5 heteroatoms. The number of aromatic nitrogens is 2. The smallest absolute Gasteiger partial charge is 0.272 e. The zero-order valence-electron chi connectivity index (χ0n) is 16.0. The van der Waals surface area contributed by atoms with Crippen LogP contribution in [0.4, 0.5) is 0 Å². The van der Waals surface area contributed by atoms with E-state index in [4.69, 9.17) is 0 Å². The van der Waals surface area contributed by atoms with Crippen LogP contribution in [0, 0.1) is 0 Å². The minimum atomic E-state index is -0.187. The molecule has 0 spiro atoms. The van der Waals surface area contributed by atoms with Gasteiger partial charge in [0.2, 0.25) is 0 Å². The standard InChI is InChI=1S/C24H21N3O2/c28-23-22-10-7-17(14-19(22)15-25-26-23)20-6-4-5-16-13-18(8-9-21(16)20)24(29)27-11-2-1-3-12-27/h4-10,13-15H,1-3,11-12H2,(H,26,28). The summed E-state index contributed by atoms with van der Waals surface area (Å²) in [7, 11) is 0. The molecule has 1 saturated heterocycles. The van der Waals surface area contributed by atoms with Crippen molar-refractivity contribution in [2.75, 3.05) is 13.1 Å². The summed E-state index contributed by atoms with van der Waals surface area (Å²) >= 11 is 0. The van der Waals surface area contributed by atoms with Gasteiger partial charge in [0.15, 0.2) is 0 Å². The average molecular weight is 383 g/mol. The molecule has 0 unspecified atom stereocenters. The third-order valence-corrected chi connectivity index (χ3v) is 5.75. The Bertz CT molecular complexity index is 1290. The number of benzene rings is 3. The first-order chi connectivity index (χ1) is 14.2. The van der Waals surface area contributed by atoms with Crippen molar-refractivity contribution in [1.29, 1.82) is 0 Å². The van der Waals surface area contributed by atoms with E-state index >= 15 is 0 Å². The number of aromatic amines is 1. The van der Waals surface area contributed by atoms with Gasteiger partial charge in [-0.25, -0.2) is 5.10 Å². The van der Waals surface area contributed by atoms with Gasteiger partial charge in [-0.1, -0.05) is 30.3 Å². The van der Waals surface area contributed by atoms with Gasteiger partial charge in [0.25, 0.3) is 11.5 Å². The van der Waals surface area contributed by atoms with Gasteiger partial charge in [0, 0.05) is 24.0 Å². The first kappa shape index (κ1) is 17.6. The molecule has 1 aliphatic rings. The fourth-order valence-electron chi connectivity index (χ4n) is 4.21. The largest absolute Gasteiger partial charge is 0.339 e. The maximum atomic E-state index is 12.9. The molecule has 5 rings (SSSR count). The van der Waals surface area contributed by atoms with Gasteiger partial charge in [-0.05, 0) is 65.4 Å². The second kappa shape index (κ2) is 7.17. The zero-order valence-corrected chi connectivity index (χ0v) is 16.0. The van der Waals surface area contributed by atoms with Crippen LogP contribution in [0.3, 0.4) is 0 Å². The maximum absolute atomic E-state index is 12.9. The molecule has 4 aromatic rings. The SMILES string of the molecule is O=C(c1ccc2c(-c3ccc4c(=O)[nH]ncc4c3)cccc2c1)N1CCCCC1. The summed E-state index contributed by atoms with van der Waals surface area (Å²) in [5.74, 6) is 0.119. The molecule has 29 heavy (non-hydrogen) atoms. The van der Waals surface area contributed by atoms with Crippen molar-refractivity contribution in [3.63, 3.8) is 0 Å². The number of rotatable bonds is 2. The molecule has 0 atom stereocenters. The molecule has 0 saturated carbocycles. The van der Waals surface area contributed by atoms with E-state index in [-0.39, 0.29) is 11.5 Å². The lowest BCUT2D eigenvalue weighted by atomic mass is 9.95. The van der Waals surface area contributed by atoms with Crippen LogP contribution in [0.25, 0.3) is 32.7 Å². The van der Waals surface area contributed by atoms with Gasteiger partial charge >= 0.3 is 0 Å². The zero-order chi connectivity index (χ0) is 19.8. The van der Waals surface area contributed by atoms with E-state index in [2.05, 4.69) is 16.3 Å². The molecular weight excluding hydrogens is 362 g/mol. The van der Waals surface area contributed by atoms with Crippen LogP contribution < -0.4 is 5.56 Å². The van der Waals surface area contributed by atoms with Crippen molar-refractivity contribution in [3.8, 4) is 11.1 Å². The molecule has 1 fully saturated rings. The van der Waals surface area contributed by atoms with Crippen molar-refractivity contribution >= 4 is 27.5 Å². The van der Waals surface area contributed by atoms with Gasteiger partial charge in [0.05, 0.1) is 11.6 Å². The molecule has 3 aromatic carbocycles.